The van der Waals surface area contributed by atoms with Crippen molar-refractivity contribution < 1.29 is 28.3 Å². The third kappa shape index (κ3) is 9.87. The summed E-state index contributed by atoms with van der Waals surface area (Å²) in [5.41, 5.74) is 5.96. The third-order valence-electron chi connectivity index (χ3n) is 4.19. The first-order chi connectivity index (χ1) is 12.3. The zero-order valence-corrected chi connectivity index (χ0v) is 17.9. The number of hydrogen-bond acceptors (Lipinski definition) is 7. The number of carboxylic acid groups (broad SMARTS) is 1. The molecule has 9 nitrogen and oxygen atoms in total. The first kappa shape index (κ1) is 26.3. The van der Waals surface area contributed by atoms with Gasteiger partial charge in [-0.05, 0) is 33.2 Å². The molecule has 0 aromatic heterocycles. The predicted octanol–water partition coefficient (Wildman–Crippen LogP) is 1.40. The summed E-state index contributed by atoms with van der Waals surface area (Å²) < 4.78 is 22.9. The van der Waals surface area contributed by atoms with Crippen molar-refractivity contribution in [2.75, 3.05) is 52.1 Å². The first-order valence-electron chi connectivity index (χ1n) is 9.18. The largest absolute Gasteiger partial charge is 0.481 e. The zero-order chi connectivity index (χ0) is 19.6. The van der Waals surface area contributed by atoms with Crippen LogP contribution in [0.3, 0.4) is 0 Å². The van der Waals surface area contributed by atoms with Crippen LogP contribution in [-0.4, -0.2) is 84.9 Å². The number of nitrogens with two attached hydrogens (primary N) is 1. The highest BCUT2D eigenvalue weighted by molar-refractivity contribution is 7.53. The number of unbranched alkanes of at least 4 members (excludes halogenated alkanes) is 1. The van der Waals surface area contributed by atoms with Crippen LogP contribution in [0.15, 0.2) is 0 Å². The summed E-state index contributed by atoms with van der Waals surface area (Å²) in [4.78, 5) is 26.9. The molecule has 0 aromatic rings. The van der Waals surface area contributed by atoms with Crippen LogP contribution in [0.4, 0.5) is 0 Å². The van der Waals surface area contributed by atoms with E-state index in [1.807, 2.05) is 0 Å². The molecule has 0 radical (unpaired) electrons. The van der Waals surface area contributed by atoms with E-state index in [4.69, 9.17) is 19.9 Å². The normalized spacial score (nSPS) is 16.6. The Morgan fingerprint density at radius 3 is 2.15 bits per heavy atom. The second kappa shape index (κ2) is 13.5. The number of amides is 1. The molecule has 3 N–H and O–H groups in total. The van der Waals surface area contributed by atoms with Crippen molar-refractivity contribution in [1.29, 1.82) is 0 Å². The van der Waals surface area contributed by atoms with E-state index in [1.54, 1.807) is 18.7 Å². The fourth-order valence-corrected chi connectivity index (χ4v) is 4.60. The molecule has 160 valence electrons. The van der Waals surface area contributed by atoms with Crippen molar-refractivity contribution in [3.05, 3.63) is 0 Å². The van der Waals surface area contributed by atoms with Crippen LogP contribution in [-0.2, 0) is 23.2 Å². The standard InChI is InChI=1S/C16H32N3O6P.ClH/c1-3-24-26(23,25-4-2)13-14(17)16(22)19-11-9-18(10-12-19)8-6-5-7-15(20)21;/h14H,3-13,17H2,1-2H3,(H,20,21);1H/t14-;/m1./s1. The lowest BCUT2D eigenvalue weighted by molar-refractivity contribution is -0.137. The van der Waals surface area contributed by atoms with Gasteiger partial charge in [0.1, 0.15) is 0 Å². The van der Waals surface area contributed by atoms with E-state index >= 15 is 0 Å². The molecular formula is C16H33ClN3O6P. The zero-order valence-electron chi connectivity index (χ0n) is 16.2. The number of halogens is 1. The second-order valence-corrected chi connectivity index (χ2v) is 8.36. The molecule has 0 saturated carbocycles. The van der Waals surface area contributed by atoms with E-state index in [-0.39, 0.29) is 44.1 Å². The minimum Gasteiger partial charge on any atom is -0.481 e. The second-order valence-electron chi connectivity index (χ2n) is 6.25. The summed E-state index contributed by atoms with van der Waals surface area (Å²) in [5, 5.41) is 8.64. The Balaban J connectivity index is 0.00000676. The molecule has 0 spiro atoms. The van der Waals surface area contributed by atoms with Gasteiger partial charge in [-0.2, -0.15) is 0 Å². The Kier molecular flexibility index (Phi) is 13.1. The smallest absolute Gasteiger partial charge is 0.332 e. The van der Waals surface area contributed by atoms with E-state index in [9.17, 15) is 14.2 Å². The highest BCUT2D eigenvalue weighted by Crippen LogP contribution is 2.48. The summed E-state index contributed by atoms with van der Waals surface area (Å²) in [6.45, 7) is 7.28. The Bertz CT molecular complexity index is 493. The van der Waals surface area contributed by atoms with Gasteiger partial charge in [-0.15, -0.1) is 12.4 Å². The van der Waals surface area contributed by atoms with Crippen LogP contribution in [0.1, 0.15) is 33.1 Å². The quantitative estimate of drug-likeness (QED) is 0.352. The van der Waals surface area contributed by atoms with Crippen molar-refractivity contribution in [1.82, 2.24) is 9.80 Å². The lowest BCUT2D eigenvalue weighted by Gasteiger charge is -2.36. The Morgan fingerprint density at radius 1 is 1.11 bits per heavy atom. The number of hydrogen-bond donors (Lipinski definition) is 2. The summed E-state index contributed by atoms with van der Waals surface area (Å²) in [5.74, 6) is -1.01. The minimum absolute atomic E-state index is 0. The van der Waals surface area contributed by atoms with Crippen molar-refractivity contribution >= 4 is 31.9 Å². The molecule has 1 rings (SSSR count). The molecule has 1 fully saturated rings. The molecule has 11 heteroatoms. The summed E-state index contributed by atoms with van der Waals surface area (Å²) in [6.07, 6.45) is 1.55. The van der Waals surface area contributed by atoms with Crippen LogP contribution in [0.2, 0.25) is 0 Å². The first-order valence-corrected chi connectivity index (χ1v) is 10.9. The number of carbonyl (C=O) groups is 2. The molecule has 0 bridgehead atoms. The van der Waals surface area contributed by atoms with Gasteiger partial charge in [-0.1, -0.05) is 0 Å². The van der Waals surface area contributed by atoms with Crippen LogP contribution < -0.4 is 5.73 Å². The van der Waals surface area contributed by atoms with Gasteiger partial charge in [0.05, 0.1) is 25.4 Å². The van der Waals surface area contributed by atoms with Gasteiger partial charge in [-0.25, -0.2) is 0 Å². The van der Waals surface area contributed by atoms with E-state index < -0.39 is 19.6 Å². The third-order valence-corrected chi connectivity index (χ3v) is 6.33. The lowest BCUT2D eigenvalue weighted by atomic mass is 10.2. The van der Waals surface area contributed by atoms with Gasteiger partial charge in [0.15, 0.2) is 0 Å². The number of piperazine rings is 1. The van der Waals surface area contributed by atoms with E-state index in [2.05, 4.69) is 4.90 Å². The average molecular weight is 430 g/mol. The van der Waals surface area contributed by atoms with E-state index in [0.717, 1.165) is 26.1 Å². The molecule has 1 amide bonds. The summed E-state index contributed by atoms with van der Waals surface area (Å²) in [7, 11) is -3.35. The maximum absolute atomic E-state index is 12.5. The molecule has 1 saturated heterocycles. The van der Waals surface area contributed by atoms with Crippen molar-refractivity contribution in [2.45, 2.75) is 39.2 Å². The molecule has 1 aliphatic rings. The van der Waals surface area contributed by atoms with Crippen LogP contribution in [0.25, 0.3) is 0 Å². The molecule has 1 heterocycles. The monoisotopic (exact) mass is 429 g/mol. The number of carbonyl (C=O) groups excluding carboxylic acids is 1. The van der Waals surface area contributed by atoms with Gasteiger partial charge in [-0.3, -0.25) is 19.1 Å². The Labute approximate surface area is 167 Å². The van der Waals surface area contributed by atoms with Crippen LogP contribution in [0, 0.1) is 0 Å². The average Bonchev–Trinajstić information content (AvgIpc) is 2.58. The SMILES string of the molecule is CCOP(=O)(C[C@@H](N)C(=O)N1CCN(CCCCC(=O)O)CC1)OCC.Cl. The highest BCUT2D eigenvalue weighted by atomic mass is 35.5. The molecule has 0 aromatic carbocycles. The maximum atomic E-state index is 12.5. The van der Waals surface area contributed by atoms with Crippen LogP contribution >= 0.6 is 20.0 Å². The van der Waals surface area contributed by atoms with Gasteiger partial charge in [0.25, 0.3) is 0 Å². The van der Waals surface area contributed by atoms with Crippen molar-refractivity contribution in [3.8, 4) is 0 Å². The fraction of sp³-hybridized carbons (Fsp3) is 0.875. The number of aliphatic carboxylic acids is 1. The number of nitrogens with zero attached hydrogens (tertiary/aromatic N) is 2. The predicted molar refractivity (Wildman–Crippen MR) is 105 cm³/mol. The molecule has 1 atom stereocenters. The molecule has 1 aliphatic heterocycles. The van der Waals surface area contributed by atoms with Gasteiger partial charge in [0, 0.05) is 32.6 Å². The van der Waals surface area contributed by atoms with Crippen molar-refractivity contribution in [3.63, 3.8) is 0 Å². The van der Waals surface area contributed by atoms with E-state index in [0.29, 0.717) is 19.5 Å². The maximum Gasteiger partial charge on any atom is 0.332 e. The molecule has 27 heavy (non-hydrogen) atoms. The van der Waals surface area contributed by atoms with E-state index in [1.165, 1.54) is 0 Å². The van der Waals surface area contributed by atoms with Crippen LogP contribution in [0.5, 0.6) is 0 Å². The number of rotatable bonds is 12. The highest BCUT2D eigenvalue weighted by Gasteiger charge is 2.33. The lowest BCUT2D eigenvalue weighted by Crippen LogP contribution is -2.54. The molecule has 0 unspecified atom stereocenters. The summed E-state index contributed by atoms with van der Waals surface area (Å²) >= 11 is 0. The minimum atomic E-state index is -3.35. The Hall–Kier alpha value is -0.700. The molecule has 0 aliphatic carbocycles. The van der Waals surface area contributed by atoms with Gasteiger partial charge in [0.2, 0.25) is 5.91 Å². The topological polar surface area (TPSA) is 122 Å². The Morgan fingerprint density at radius 2 is 1.67 bits per heavy atom. The number of carboxylic acids is 1. The van der Waals surface area contributed by atoms with Gasteiger partial charge >= 0.3 is 13.6 Å². The van der Waals surface area contributed by atoms with Gasteiger partial charge < -0.3 is 24.8 Å². The fourth-order valence-electron chi connectivity index (χ4n) is 2.89. The van der Waals surface area contributed by atoms with Crippen molar-refractivity contribution in [2.24, 2.45) is 5.73 Å². The summed E-state index contributed by atoms with van der Waals surface area (Å²) in [6, 6.07) is -0.916. The molecular weight excluding hydrogens is 397 g/mol.